The fourth-order valence-corrected chi connectivity index (χ4v) is 1.89. The zero-order valence-electron chi connectivity index (χ0n) is 4.66. The molecule has 0 aromatic rings. The van der Waals surface area contributed by atoms with Crippen molar-refractivity contribution in [3.63, 3.8) is 0 Å². The summed E-state index contributed by atoms with van der Waals surface area (Å²) >= 11 is 0. The van der Waals surface area contributed by atoms with Crippen LogP contribution in [0.4, 0.5) is 0 Å². The van der Waals surface area contributed by atoms with Crippen LogP contribution in [0.5, 0.6) is 0 Å². The van der Waals surface area contributed by atoms with Crippen molar-refractivity contribution in [1.29, 1.82) is 5.26 Å². The number of rotatable bonds is 0. The fraction of sp³-hybridized carbons (Fsp3) is 0.400. The van der Waals surface area contributed by atoms with Crippen molar-refractivity contribution < 1.29 is 8.42 Å². The molecule has 1 aliphatic heterocycles. The van der Waals surface area contributed by atoms with E-state index in [9.17, 15) is 8.42 Å². The number of hydrogen-bond acceptors (Lipinski definition) is 3. The average Bonchev–Trinajstić information content (AvgIpc) is 2.10. The van der Waals surface area contributed by atoms with Crippen LogP contribution in [0, 0.1) is 11.3 Å². The Kier molecular flexibility index (Phi) is 1.29. The maximum atomic E-state index is 10.6. The van der Waals surface area contributed by atoms with Gasteiger partial charge < -0.3 is 0 Å². The lowest BCUT2D eigenvalue weighted by atomic mass is 10.3. The predicted molar refractivity (Wildman–Crippen MR) is 32.3 cm³/mol. The molecule has 0 atom stereocenters. The van der Waals surface area contributed by atoms with Crippen LogP contribution in [-0.2, 0) is 9.84 Å². The largest absolute Gasteiger partial charge is 0.228 e. The van der Waals surface area contributed by atoms with E-state index in [4.69, 9.17) is 5.26 Å². The molecule has 4 heteroatoms. The van der Waals surface area contributed by atoms with Crippen molar-refractivity contribution in [2.24, 2.45) is 0 Å². The lowest BCUT2D eigenvalue weighted by molar-refractivity contribution is 0.603. The number of nitriles is 1. The van der Waals surface area contributed by atoms with E-state index >= 15 is 0 Å². The van der Waals surface area contributed by atoms with Crippen molar-refractivity contribution in [2.75, 3.05) is 11.5 Å². The molecule has 1 rings (SSSR count). The number of hydrogen-bond donors (Lipinski definition) is 0. The summed E-state index contributed by atoms with van der Waals surface area (Å²) in [6.07, 6.45) is 1.45. The van der Waals surface area contributed by atoms with Crippen LogP contribution in [0.15, 0.2) is 11.6 Å². The minimum absolute atomic E-state index is 0.0376. The molecule has 1 aliphatic rings. The van der Waals surface area contributed by atoms with Crippen LogP contribution >= 0.6 is 0 Å². The third kappa shape index (κ3) is 1.30. The summed E-state index contributed by atoms with van der Waals surface area (Å²) in [7, 11) is -2.92. The van der Waals surface area contributed by atoms with Crippen LogP contribution in [0.1, 0.15) is 0 Å². The minimum Gasteiger partial charge on any atom is -0.228 e. The number of nitrogens with zero attached hydrogens (tertiary/aromatic N) is 1. The van der Waals surface area contributed by atoms with Gasteiger partial charge in [-0.05, 0) is 0 Å². The monoisotopic (exact) mass is 143 g/mol. The van der Waals surface area contributed by atoms with Gasteiger partial charge in [0.25, 0.3) is 0 Å². The van der Waals surface area contributed by atoms with E-state index in [0.29, 0.717) is 5.57 Å². The highest BCUT2D eigenvalue weighted by molar-refractivity contribution is 7.92. The van der Waals surface area contributed by atoms with Gasteiger partial charge in [0.1, 0.15) is 0 Å². The van der Waals surface area contributed by atoms with Crippen molar-refractivity contribution in [1.82, 2.24) is 0 Å². The molecule has 1 heterocycles. The highest BCUT2D eigenvalue weighted by atomic mass is 32.2. The van der Waals surface area contributed by atoms with Crippen molar-refractivity contribution in [2.45, 2.75) is 0 Å². The first-order chi connectivity index (χ1) is 4.14. The predicted octanol–water partition coefficient (Wildman–Crippen LogP) is -0.135. The summed E-state index contributed by atoms with van der Waals surface area (Å²) < 4.78 is 21.2. The van der Waals surface area contributed by atoms with E-state index in [0.717, 1.165) is 0 Å². The third-order valence-electron chi connectivity index (χ3n) is 1.10. The highest BCUT2D eigenvalue weighted by Crippen LogP contribution is 2.08. The van der Waals surface area contributed by atoms with E-state index in [1.54, 1.807) is 6.07 Å². The van der Waals surface area contributed by atoms with Gasteiger partial charge in [-0.15, -0.1) is 0 Å². The van der Waals surface area contributed by atoms with Crippen LogP contribution in [0.25, 0.3) is 0 Å². The molecule has 0 N–H and O–H groups in total. The maximum Gasteiger partial charge on any atom is 0.158 e. The van der Waals surface area contributed by atoms with E-state index in [-0.39, 0.29) is 11.5 Å². The SMILES string of the molecule is N#CC1=CCS(=O)(=O)C1. The Balaban J connectivity index is 2.87. The molecule has 0 fully saturated rings. The summed E-state index contributed by atoms with van der Waals surface area (Å²) in [5, 5.41) is 8.22. The Bertz CT molecular complexity index is 281. The molecule has 0 aromatic carbocycles. The first-order valence-corrected chi connectivity index (χ1v) is 4.26. The third-order valence-corrected chi connectivity index (χ3v) is 2.53. The Morgan fingerprint density at radius 2 is 2.33 bits per heavy atom. The lowest BCUT2D eigenvalue weighted by Gasteiger charge is -1.84. The van der Waals surface area contributed by atoms with Crippen LogP contribution in [0.3, 0.4) is 0 Å². The Hall–Kier alpha value is -0.820. The molecule has 0 unspecified atom stereocenters. The topological polar surface area (TPSA) is 57.9 Å². The highest BCUT2D eigenvalue weighted by Gasteiger charge is 2.18. The molecule has 9 heavy (non-hydrogen) atoms. The summed E-state index contributed by atoms with van der Waals surface area (Å²) in [6, 6.07) is 1.80. The van der Waals surface area contributed by atoms with Gasteiger partial charge in [0.05, 0.1) is 17.6 Å². The fourth-order valence-electron chi connectivity index (χ4n) is 0.660. The summed E-state index contributed by atoms with van der Waals surface area (Å²) in [6.45, 7) is 0. The average molecular weight is 143 g/mol. The van der Waals surface area contributed by atoms with Gasteiger partial charge in [-0.1, -0.05) is 6.08 Å². The van der Waals surface area contributed by atoms with Gasteiger partial charge in [-0.3, -0.25) is 0 Å². The van der Waals surface area contributed by atoms with E-state index in [2.05, 4.69) is 0 Å². The molecular formula is C5H5NO2S. The lowest BCUT2D eigenvalue weighted by Crippen LogP contribution is -2.01. The number of sulfone groups is 1. The maximum absolute atomic E-state index is 10.6. The Labute approximate surface area is 53.5 Å². The normalized spacial score (nSPS) is 22.8. The molecule has 0 aliphatic carbocycles. The van der Waals surface area contributed by atoms with E-state index < -0.39 is 9.84 Å². The smallest absolute Gasteiger partial charge is 0.158 e. The van der Waals surface area contributed by atoms with Gasteiger partial charge >= 0.3 is 0 Å². The molecule has 0 aromatic heterocycles. The molecule has 0 spiro atoms. The standard InChI is InChI=1S/C5H5NO2S/c6-3-5-1-2-9(7,8)4-5/h1H,2,4H2. The van der Waals surface area contributed by atoms with Crippen LogP contribution in [-0.4, -0.2) is 19.9 Å². The molecular weight excluding hydrogens is 138 g/mol. The van der Waals surface area contributed by atoms with Crippen molar-refractivity contribution in [3.05, 3.63) is 11.6 Å². The first-order valence-electron chi connectivity index (χ1n) is 2.43. The summed E-state index contributed by atoms with van der Waals surface area (Å²) in [4.78, 5) is 0. The minimum atomic E-state index is -2.92. The van der Waals surface area contributed by atoms with E-state index in [1.807, 2.05) is 0 Å². The Morgan fingerprint density at radius 1 is 1.67 bits per heavy atom. The molecule has 0 radical (unpaired) electrons. The molecule has 0 saturated heterocycles. The van der Waals surface area contributed by atoms with E-state index in [1.165, 1.54) is 6.08 Å². The molecule has 0 saturated carbocycles. The molecule has 0 amide bonds. The molecule has 0 bridgehead atoms. The second-order valence-corrected chi connectivity index (χ2v) is 4.00. The van der Waals surface area contributed by atoms with Gasteiger partial charge in [0, 0.05) is 5.57 Å². The molecule has 3 nitrogen and oxygen atoms in total. The van der Waals surface area contributed by atoms with Gasteiger partial charge in [-0.25, -0.2) is 8.42 Å². The quantitative estimate of drug-likeness (QED) is 0.474. The second kappa shape index (κ2) is 1.85. The summed E-state index contributed by atoms with van der Waals surface area (Å²) in [5.74, 6) is -0.0284. The summed E-state index contributed by atoms with van der Waals surface area (Å²) in [5.41, 5.74) is 0.370. The second-order valence-electron chi connectivity index (χ2n) is 1.90. The van der Waals surface area contributed by atoms with Crippen molar-refractivity contribution >= 4 is 9.84 Å². The van der Waals surface area contributed by atoms with Gasteiger partial charge in [0.2, 0.25) is 0 Å². The first kappa shape index (κ1) is 6.30. The zero-order valence-corrected chi connectivity index (χ0v) is 5.48. The van der Waals surface area contributed by atoms with Crippen LogP contribution < -0.4 is 0 Å². The zero-order chi connectivity index (χ0) is 6.91. The molecule has 48 valence electrons. The Morgan fingerprint density at radius 3 is 2.56 bits per heavy atom. The van der Waals surface area contributed by atoms with Gasteiger partial charge in [0.15, 0.2) is 9.84 Å². The van der Waals surface area contributed by atoms with Crippen LogP contribution in [0.2, 0.25) is 0 Å². The van der Waals surface area contributed by atoms with Gasteiger partial charge in [-0.2, -0.15) is 5.26 Å². The van der Waals surface area contributed by atoms with Crippen molar-refractivity contribution in [3.8, 4) is 6.07 Å².